The van der Waals surface area contributed by atoms with Gasteiger partial charge in [-0.1, -0.05) is 57.8 Å². The molecule has 0 aromatic rings. The van der Waals surface area contributed by atoms with Crippen LogP contribution < -0.4 is 5.73 Å². The molecular weight excluding hydrogens is 198 g/mol. The zero-order valence-electron chi connectivity index (χ0n) is 10.6. The number of amides is 1. The smallest absolute Gasteiger partial charge is 0.229 e. The Morgan fingerprint density at radius 2 is 1.50 bits per heavy atom. The summed E-state index contributed by atoms with van der Waals surface area (Å²) >= 11 is 0. The molecule has 0 heterocycles. The van der Waals surface area contributed by atoms with Crippen LogP contribution >= 0.6 is 0 Å². The Kier molecular flexibility index (Phi) is 11.4. The van der Waals surface area contributed by atoms with Gasteiger partial charge in [0.05, 0.1) is 6.42 Å². The van der Waals surface area contributed by atoms with Crippen molar-refractivity contribution in [1.29, 1.82) is 0 Å². The van der Waals surface area contributed by atoms with Crippen LogP contribution in [0.15, 0.2) is 0 Å². The molecule has 0 aliphatic carbocycles. The van der Waals surface area contributed by atoms with Crippen LogP contribution in [-0.4, -0.2) is 5.91 Å². The van der Waals surface area contributed by atoms with Gasteiger partial charge in [-0.05, 0) is 6.42 Å². The van der Waals surface area contributed by atoms with Gasteiger partial charge in [-0.25, -0.2) is 0 Å². The molecule has 0 aliphatic heterocycles. The van der Waals surface area contributed by atoms with E-state index in [2.05, 4.69) is 18.8 Å². The summed E-state index contributed by atoms with van der Waals surface area (Å²) in [5.41, 5.74) is 4.97. The van der Waals surface area contributed by atoms with Crippen LogP contribution in [0.4, 0.5) is 0 Å². The highest BCUT2D eigenvalue weighted by Crippen LogP contribution is 2.08. The molecule has 0 aliphatic rings. The Balaban J connectivity index is 3.08. The second-order valence-corrected chi connectivity index (χ2v) is 4.22. The minimum absolute atomic E-state index is 0.205. The van der Waals surface area contributed by atoms with Crippen molar-refractivity contribution in [2.24, 2.45) is 5.73 Å². The second kappa shape index (κ2) is 12.1. The molecule has 2 N–H and O–H groups in total. The number of carbonyl (C=O) groups excluding carboxylic acids is 1. The van der Waals surface area contributed by atoms with E-state index in [1.165, 1.54) is 44.9 Å². The third-order valence-electron chi connectivity index (χ3n) is 2.54. The van der Waals surface area contributed by atoms with Gasteiger partial charge < -0.3 is 5.73 Å². The lowest BCUT2D eigenvalue weighted by Gasteiger charge is -1.99. The Hall–Kier alpha value is -0.970. The molecule has 16 heavy (non-hydrogen) atoms. The minimum Gasteiger partial charge on any atom is -0.369 e. The molecular formula is C14H25NO. The molecule has 0 aromatic heterocycles. The monoisotopic (exact) mass is 223 g/mol. The highest BCUT2D eigenvalue weighted by Gasteiger charge is 1.90. The molecule has 1 amide bonds. The zero-order chi connectivity index (χ0) is 12.1. The number of hydrogen-bond acceptors (Lipinski definition) is 1. The highest BCUT2D eigenvalue weighted by atomic mass is 16.1. The first-order valence-corrected chi connectivity index (χ1v) is 6.51. The van der Waals surface area contributed by atoms with Crippen molar-refractivity contribution in [3.8, 4) is 11.8 Å². The standard InChI is InChI=1S/C14H25NO/c1-2-3-4-5-6-7-8-9-10-11-12-13-14(15)16/h2-10,13H2,1H3,(H2,15,16). The first kappa shape index (κ1) is 15.0. The summed E-state index contributed by atoms with van der Waals surface area (Å²) in [6, 6.07) is 0. The fourth-order valence-corrected chi connectivity index (χ4v) is 1.59. The maximum Gasteiger partial charge on any atom is 0.229 e. The number of primary amides is 1. The van der Waals surface area contributed by atoms with Gasteiger partial charge in [0.25, 0.3) is 0 Å². The third-order valence-corrected chi connectivity index (χ3v) is 2.54. The van der Waals surface area contributed by atoms with Gasteiger partial charge in [0.2, 0.25) is 5.91 Å². The van der Waals surface area contributed by atoms with Crippen molar-refractivity contribution in [3.63, 3.8) is 0 Å². The zero-order valence-corrected chi connectivity index (χ0v) is 10.6. The Morgan fingerprint density at radius 3 is 2.06 bits per heavy atom. The predicted molar refractivity (Wildman–Crippen MR) is 68.8 cm³/mol. The van der Waals surface area contributed by atoms with Crippen LogP contribution in [0.25, 0.3) is 0 Å². The Morgan fingerprint density at radius 1 is 0.938 bits per heavy atom. The van der Waals surface area contributed by atoms with E-state index in [9.17, 15) is 4.79 Å². The number of carbonyl (C=O) groups is 1. The summed E-state index contributed by atoms with van der Waals surface area (Å²) in [4.78, 5) is 10.4. The van der Waals surface area contributed by atoms with Crippen molar-refractivity contribution in [1.82, 2.24) is 0 Å². The van der Waals surface area contributed by atoms with Crippen LogP contribution in [0.2, 0.25) is 0 Å². The van der Waals surface area contributed by atoms with E-state index in [0.29, 0.717) is 0 Å². The van der Waals surface area contributed by atoms with E-state index in [1.54, 1.807) is 0 Å². The Bertz CT molecular complexity index is 225. The molecule has 0 saturated heterocycles. The molecule has 0 bridgehead atoms. The summed E-state index contributed by atoms with van der Waals surface area (Å²) in [7, 11) is 0. The summed E-state index contributed by atoms with van der Waals surface area (Å²) in [6.07, 6.45) is 11.6. The fourth-order valence-electron chi connectivity index (χ4n) is 1.59. The van der Waals surface area contributed by atoms with Crippen LogP contribution in [0.3, 0.4) is 0 Å². The lowest BCUT2D eigenvalue weighted by atomic mass is 10.1. The van der Waals surface area contributed by atoms with Gasteiger partial charge in [0, 0.05) is 6.42 Å². The first-order valence-electron chi connectivity index (χ1n) is 6.51. The molecule has 92 valence electrons. The van der Waals surface area contributed by atoms with E-state index in [-0.39, 0.29) is 12.3 Å². The number of rotatable bonds is 9. The lowest BCUT2D eigenvalue weighted by molar-refractivity contribution is -0.117. The maximum atomic E-state index is 10.4. The van der Waals surface area contributed by atoms with E-state index < -0.39 is 0 Å². The van der Waals surface area contributed by atoms with Gasteiger partial charge in [-0.2, -0.15) is 0 Å². The second-order valence-electron chi connectivity index (χ2n) is 4.22. The van der Waals surface area contributed by atoms with E-state index in [0.717, 1.165) is 12.8 Å². The van der Waals surface area contributed by atoms with E-state index >= 15 is 0 Å². The molecule has 0 rings (SSSR count). The van der Waals surface area contributed by atoms with Crippen molar-refractivity contribution in [3.05, 3.63) is 0 Å². The van der Waals surface area contributed by atoms with Crippen LogP contribution in [0, 0.1) is 11.8 Å². The quantitative estimate of drug-likeness (QED) is 0.472. The average Bonchev–Trinajstić information content (AvgIpc) is 2.25. The third kappa shape index (κ3) is 13.0. The largest absolute Gasteiger partial charge is 0.369 e. The number of nitrogens with two attached hydrogens (primary N) is 1. The van der Waals surface area contributed by atoms with Gasteiger partial charge in [0.1, 0.15) is 0 Å². The summed E-state index contributed by atoms with van der Waals surface area (Å²) in [6.45, 7) is 2.24. The van der Waals surface area contributed by atoms with Crippen LogP contribution in [0.1, 0.15) is 71.1 Å². The molecule has 0 unspecified atom stereocenters. The minimum atomic E-state index is -0.330. The molecule has 0 aromatic carbocycles. The van der Waals surface area contributed by atoms with Crippen LogP contribution in [-0.2, 0) is 4.79 Å². The molecule has 2 nitrogen and oxygen atoms in total. The molecule has 0 spiro atoms. The van der Waals surface area contributed by atoms with Crippen molar-refractivity contribution in [2.75, 3.05) is 0 Å². The molecule has 0 fully saturated rings. The summed E-state index contributed by atoms with van der Waals surface area (Å²) in [5.74, 6) is 5.43. The molecule has 0 radical (unpaired) electrons. The summed E-state index contributed by atoms with van der Waals surface area (Å²) < 4.78 is 0. The van der Waals surface area contributed by atoms with Crippen LogP contribution in [0.5, 0.6) is 0 Å². The van der Waals surface area contributed by atoms with Gasteiger partial charge in [-0.3, -0.25) is 4.79 Å². The van der Waals surface area contributed by atoms with Crippen molar-refractivity contribution >= 4 is 5.91 Å². The normalized spacial score (nSPS) is 9.56. The number of hydrogen-bond donors (Lipinski definition) is 1. The molecule has 2 heteroatoms. The lowest BCUT2D eigenvalue weighted by Crippen LogP contribution is -2.08. The first-order chi connectivity index (χ1) is 7.77. The average molecular weight is 223 g/mol. The topological polar surface area (TPSA) is 43.1 Å². The van der Waals surface area contributed by atoms with Crippen molar-refractivity contribution in [2.45, 2.75) is 71.1 Å². The predicted octanol–water partition coefficient (Wildman–Crippen LogP) is 3.40. The Labute approximate surface area is 100.0 Å². The molecule has 0 atom stereocenters. The van der Waals surface area contributed by atoms with E-state index in [4.69, 9.17) is 5.73 Å². The fraction of sp³-hybridized carbons (Fsp3) is 0.786. The van der Waals surface area contributed by atoms with E-state index in [1.807, 2.05) is 0 Å². The SMILES string of the molecule is CCCCCCCCCCC#CCC(N)=O. The van der Waals surface area contributed by atoms with Gasteiger partial charge in [0.15, 0.2) is 0 Å². The van der Waals surface area contributed by atoms with Crippen molar-refractivity contribution < 1.29 is 4.79 Å². The highest BCUT2D eigenvalue weighted by molar-refractivity contribution is 5.76. The number of unbranched alkanes of at least 4 members (excludes halogenated alkanes) is 8. The van der Waals surface area contributed by atoms with Gasteiger partial charge >= 0.3 is 0 Å². The maximum absolute atomic E-state index is 10.4. The van der Waals surface area contributed by atoms with Gasteiger partial charge in [-0.15, -0.1) is 5.92 Å². The molecule has 0 saturated carbocycles. The summed E-state index contributed by atoms with van der Waals surface area (Å²) in [5, 5.41) is 0.